The Kier molecular flexibility index (Phi) is 7.59. The number of hydrogen-bond donors (Lipinski definition) is 3. The average Bonchev–Trinajstić information content (AvgIpc) is 2.27. The summed E-state index contributed by atoms with van der Waals surface area (Å²) in [6, 6.07) is 0.205. The van der Waals surface area contributed by atoms with Gasteiger partial charge in [0.1, 0.15) is 0 Å². The fraction of sp³-hybridized carbons (Fsp3) is 0.846. The maximum atomic E-state index is 11.6. The topological polar surface area (TPSA) is 70.2 Å². The third kappa shape index (κ3) is 6.59. The predicted octanol–water partition coefficient (Wildman–Crippen LogP) is 0.653. The van der Waals surface area contributed by atoms with Crippen molar-refractivity contribution in [3.8, 4) is 0 Å². The Morgan fingerprint density at radius 2 is 1.89 bits per heavy atom. The fourth-order valence-electron chi connectivity index (χ4n) is 1.74. The molecule has 0 bridgehead atoms. The van der Waals surface area contributed by atoms with Crippen LogP contribution in [0.1, 0.15) is 40.5 Å². The normalized spacial score (nSPS) is 12.9. The molecule has 3 N–H and O–H groups in total. The highest BCUT2D eigenvalue weighted by molar-refractivity contribution is 5.82. The van der Waals surface area contributed by atoms with Crippen LogP contribution in [0.15, 0.2) is 0 Å². The van der Waals surface area contributed by atoms with Gasteiger partial charge >= 0.3 is 0 Å². The SMILES string of the molecule is CCCC(C)NC(=O)CNCC(C)(C)C(=O)NC. The summed E-state index contributed by atoms with van der Waals surface area (Å²) in [6.07, 6.45) is 2.04. The molecule has 0 aromatic carbocycles. The lowest BCUT2D eigenvalue weighted by atomic mass is 9.92. The van der Waals surface area contributed by atoms with Gasteiger partial charge < -0.3 is 16.0 Å². The van der Waals surface area contributed by atoms with Crippen LogP contribution >= 0.6 is 0 Å². The summed E-state index contributed by atoms with van der Waals surface area (Å²) in [6.45, 7) is 8.49. The van der Waals surface area contributed by atoms with Crippen molar-refractivity contribution in [2.45, 2.75) is 46.6 Å². The molecule has 0 heterocycles. The van der Waals surface area contributed by atoms with E-state index in [9.17, 15) is 9.59 Å². The van der Waals surface area contributed by atoms with E-state index >= 15 is 0 Å². The molecular formula is C13H27N3O2. The van der Waals surface area contributed by atoms with Crippen molar-refractivity contribution in [1.29, 1.82) is 0 Å². The molecule has 0 aliphatic heterocycles. The van der Waals surface area contributed by atoms with Crippen LogP contribution in [-0.4, -0.2) is 38.0 Å². The molecule has 0 saturated heterocycles. The first-order chi connectivity index (χ1) is 8.33. The molecule has 0 fully saturated rings. The van der Waals surface area contributed by atoms with E-state index < -0.39 is 5.41 Å². The van der Waals surface area contributed by atoms with E-state index in [4.69, 9.17) is 0 Å². The van der Waals surface area contributed by atoms with Gasteiger partial charge in [-0.3, -0.25) is 9.59 Å². The highest BCUT2D eigenvalue weighted by Crippen LogP contribution is 2.12. The Labute approximate surface area is 110 Å². The molecule has 0 saturated carbocycles. The summed E-state index contributed by atoms with van der Waals surface area (Å²) < 4.78 is 0. The summed E-state index contributed by atoms with van der Waals surface area (Å²) >= 11 is 0. The number of amides is 2. The first-order valence-corrected chi connectivity index (χ1v) is 6.55. The highest BCUT2D eigenvalue weighted by Gasteiger charge is 2.26. The molecule has 0 aromatic rings. The first-order valence-electron chi connectivity index (χ1n) is 6.55. The van der Waals surface area contributed by atoms with E-state index in [-0.39, 0.29) is 24.4 Å². The Hall–Kier alpha value is -1.10. The number of hydrogen-bond acceptors (Lipinski definition) is 3. The monoisotopic (exact) mass is 257 g/mol. The number of rotatable bonds is 8. The quantitative estimate of drug-likeness (QED) is 0.598. The van der Waals surface area contributed by atoms with Crippen LogP contribution < -0.4 is 16.0 Å². The van der Waals surface area contributed by atoms with Crippen molar-refractivity contribution in [3.63, 3.8) is 0 Å². The molecule has 18 heavy (non-hydrogen) atoms. The van der Waals surface area contributed by atoms with E-state index in [0.29, 0.717) is 6.54 Å². The molecule has 0 aliphatic rings. The van der Waals surface area contributed by atoms with E-state index in [2.05, 4.69) is 22.9 Å². The van der Waals surface area contributed by atoms with Gasteiger partial charge in [0.15, 0.2) is 0 Å². The Morgan fingerprint density at radius 1 is 1.28 bits per heavy atom. The Morgan fingerprint density at radius 3 is 2.39 bits per heavy atom. The van der Waals surface area contributed by atoms with Crippen molar-refractivity contribution < 1.29 is 9.59 Å². The van der Waals surface area contributed by atoms with Crippen LogP contribution in [0.25, 0.3) is 0 Å². The van der Waals surface area contributed by atoms with Gasteiger partial charge in [0.05, 0.1) is 12.0 Å². The van der Waals surface area contributed by atoms with E-state index in [1.807, 2.05) is 20.8 Å². The molecule has 1 unspecified atom stereocenters. The molecule has 2 amide bonds. The van der Waals surface area contributed by atoms with Crippen LogP contribution in [-0.2, 0) is 9.59 Å². The first kappa shape index (κ1) is 16.9. The van der Waals surface area contributed by atoms with Crippen LogP contribution in [0.3, 0.4) is 0 Å². The van der Waals surface area contributed by atoms with Crippen molar-refractivity contribution in [2.75, 3.05) is 20.1 Å². The van der Waals surface area contributed by atoms with Gasteiger partial charge in [-0.05, 0) is 27.2 Å². The van der Waals surface area contributed by atoms with Gasteiger partial charge in [-0.1, -0.05) is 13.3 Å². The minimum absolute atomic E-state index is 0.0244. The lowest BCUT2D eigenvalue weighted by Gasteiger charge is -2.23. The molecule has 0 radical (unpaired) electrons. The zero-order chi connectivity index (χ0) is 14.2. The molecule has 106 valence electrons. The number of carbonyl (C=O) groups excluding carboxylic acids is 2. The van der Waals surface area contributed by atoms with E-state index in [1.54, 1.807) is 7.05 Å². The second-order valence-electron chi connectivity index (χ2n) is 5.32. The van der Waals surface area contributed by atoms with Gasteiger partial charge in [-0.2, -0.15) is 0 Å². The van der Waals surface area contributed by atoms with Crippen molar-refractivity contribution in [1.82, 2.24) is 16.0 Å². The van der Waals surface area contributed by atoms with Gasteiger partial charge in [0, 0.05) is 19.6 Å². The molecular weight excluding hydrogens is 230 g/mol. The van der Waals surface area contributed by atoms with E-state index in [0.717, 1.165) is 12.8 Å². The predicted molar refractivity (Wildman–Crippen MR) is 73.2 cm³/mol. The second-order valence-corrected chi connectivity index (χ2v) is 5.32. The highest BCUT2D eigenvalue weighted by atomic mass is 16.2. The van der Waals surface area contributed by atoms with Gasteiger partial charge in [0.2, 0.25) is 11.8 Å². The van der Waals surface area contributed by atoms with Crippen molar-refractivity contribution in [2.24, 2.45) is 5.41 Å². The molecule has 0 rings (SSSR count). The zero-order valence-corrected chi connectivity index (χ0v) is 12.2. The molecule has 1 atom stereocenters. The van der Waals surface area contributed by atoms with Gasteiger partial charge in [-0.25, -0.2) is 0 Å². The zero-order valence-electron chi connectivity index (χ0n) is 12.2. The van der Waals surface area contributed by atoms with Crippen molar-refractivity contribution >= 4 is 11.8 Å². The van der Waals surface area contributed by atoms with Crippen LogP contribution in [0.2, 0.25) is 0 Å². The lowest BCUT2D eigenvalue weighted by Crippen LogP contribution is -2.45. The third-order valence-electron chi connectivity index (χ3n) is 2.82. The van der Waals surface area contributed by atoms with Crippen molar-refractivity contribution in [3.05, 3.63) is 0 Å². The minimum Gasteiger partial charge on any atom is -0.359 e. The fourth-order valence-corrected chi connectivity index (χ4v) is 1.74. The summed E-state index contributed by atoms with van der Waals surface area (Å²) in [4.78, 5) is 23.1. The second kappa shape index (κ2) is 8.08. The number of nitrogens with one attached hydrogen (secondary N) is 3. The average molecular weight is 257 g/mol. The number of carbonyl (C=O) groups is 2. The Bertz CT molecular complexity index is 277. The largest absolute Gasteiger partial charge is 0.359 e. The minimum atomic E-state index is -0.510. The molecule has 0 spiro atoms. The third-order valence-corrected chi connectivity index (χ3v) is 2.82. The molecule has 5 nitrogen and oxygen atoms in total. The Balaban J connectivity index is 3.90. The van der Waals surface area contributed by atoms with E-state index in [1.165, 1.54) is 0 Å². The lowest BCUT2D eigenvalue weighted by molar-refractivity contribution is -0.129. The van der Waals surface area contributed by atoms with Gasteiger partial charge in [0.25, 0.3) is 0 Å². The molecule has 0 aliphatic carbocycles. The maximum Gasteiger partial charge on any atom is 0.234 e. The standard InChI is InChI=1S/C13H27N3O2/c1-6-7-10(2)16-11(17)8-15-9-13(3,4)12(18)14-5/h10,15H,6-9H2,1-5H3,(H,14,18)(H,16,17). The smallest absolute Gasteiger partial charge is 0.234 e. The summed E-state index contributed by atoms with van der Waals surface area (Å²) in [5, 5.41) is 8.54. The van der Waals surface area contributed by atoms with Crippen LogP contribution in [0, 0.1) is 5.41 Å². The maximum absolute atomic E-state index is 11.6. The summed E-state index contributed by atoms with van der Waals surface area (Å²) in [5.74, 6) is -0.0570. The molecule has 0 aromatic heterocycles. The summed E-state index contributed by atoms with van der Waals surface area (Å²) in [5.41, 5.74) is -0.510. The molecule has 5 heteroatoms. The summed E-state index contributed by atoms with van der Waals surface area (Å²) in [7, 11) is 1.61. The van der Waals surface area contributed by atoms with Gasteiger partial charge in [-0.15, -0.1) is 0 Å². The van der Waals surface area contributed by atoms with Crippen LogP contribution in [0.4, 0.5) is 0 Å². The van der Waals surface area contributed by atoms with Crippen LogP contribution in [0.5, 0.6) is 0 Å².